The van der Waals surface area contributed by atoms with Crippen LogP contribution in [0.15, 0.2) is 0 Å². The summed E-state index contributed by atoms with van der Waals surface area (Å²) in [4.78, 5) is 5.36. The summed E-state index contributed by atoms with van der Waals surface area (Å²) >= 11 is 0. The number of rotatable bonds is 9. The molecule has 2 aliphatic rings. The maximum Gasteiger partial charge on any atom is 0.0110 e. The van der Waals surface area contributed by atoms with E-state index in [-0.39, 0.29) is 5.54 Å². The lowest BCUT2D eigenvalue weighted by atomic mass is 10.1. The van der Waals surface area contributed by atoms with Gasteiger partial charge in [-0.1, -0.05) is 12.8 Å². The third-order valence-electron chi connectivity index (χ3n) is 4.73. The summed E-state index contributed by atoms with van der Waals surface area (Å²) in [6.07, 6.45) is 8.47. The van der Waals surface area contributed by atoms with Crippen molar-refractivity contribution in [3.05, 3.63) is 0 Å². The lowest BCUT2D eigenvalue weighted by molar-refractivity contribution is 0.127. The molecule has 0 unspecified atom stereocenters. The fraction of sp³-hybridized carbons (Fsp3) is 1.00. The third-order valence-corrected chi connectivity index (χ3v) is 4.73. The summed E-state index contributed by atoms with van der Waals surface area (Å²) in [7, 11) is 0. The molecule has 1 aliphatic carbocycles. The molecule has 1 aliphatic heterocycles. The third kappa shape index (κ3) is 8.18. The number of nitrogens with one attached hydrogen (secondary N) is 1. The molecule has 0 aromatic heterocycles. The fourth-order valence-corrected chi connectivity index (χ4v) is 3.14. The molecule has 21 heavy (non-hydrogen) atoms. The first-order valence-electron chi connectivity index (χ1n) is 9.23. The van der Waals surface area contributed by atoms with Gasteiger partial charge >= 0.3 is 0 Å². The molecule has 0 amide bonds. The minimum absolute atomic E-state index is 0.278. The van der Waals surface area contributed by atoms with E-state index in [1.807, 2.05) is 0 Å². The van der Waals surface area contributed by atoms with Crippen molar-refractivity contribution in [1.29, 1.82) is 0 Å². The molecule has 2 rings (SSSR count). The van der Waals surface area contributed by atoms with Gasteiger partial charge in [-0.25, -0.2) is 0 Å². The largest absolute Gasteiger partial charge is 0.312 e. The van der Waals surface area contributed by atoms with Crippen LogP contribution in [0.25, 0.3) is 0 Å². The molecular formula is C18H37N3. The van der Waals surface area contributed by atoms with Crippen molar-refractivity contribution in [3.8, 4) is 0 Å². The quantitative estimate of drug-likeness (QED) is 0.660. The van der Waals surface area contributed by atoms with Crippen LogP contribution in [-0.4, -0.2) is 61.2 Å². The Hall–Kier alpha value is -0.120. The standard InChI is InChI=1S/C18H37N3/c1-18(2,3)19-10-6-4-5-7-11-20-12-14-21(15-13-20)16-17-8-9-17/h17,19H,4-16H2,1-3H3. The maximum atomic E-state index is 3.57. The van der Waals surface area contributed by atoms with Gasteiger partial charge in [-0.05, 0) is 65.5 Å². The summed E-state index contributed by atoms with van der Waals surface area (Å²) in [5.41, 5.74) is 0.278. The second-order valence-corrected chi connectivity index (χ2v) is 8.18. The van der Waals surface area contributed by atoms with Crippen LogP contribution in [0.5, 0.6) is 0 Å². The Bertz CT molecular complexity index is 273. The van der Waals surface area contributed by atoms with Crippen LogP contribution in [0.3, 0.4) is 0 Å². The zero-order chi connectivity index (χ0) is 15.1. The highest BCUT2D eigenvalue weighted by Crippen LogP contribution is 2.29. The summed E-state index contributed by atoms with van der Waals surface area (Å²) < 4.78 is 0. The van der Waals surface area contributed by atoms with Gasteiger partial charge in [0.1, 0.15) is 0 Å². The monoisotopic (exact) mass is 295 g/mol. The average Bonchev–Trinajstić information content (AvgIpc) is 3.22. The van der Waals surface area contributed by atoms with E-state index in [0.717, 1.165) is 5.92 Å². The molecule has 3 nitrogen and oxygen atoms in total. The summed E-state index contributed by atoms with van der Waals surface area (Å²) in [5.74, 6) is 1.05. The predicted octanol–water partition coefficient (Wildman–Crippen LogP) is 2.96. The van der Waals surface area contributed by atoms with Gasteiger partial charge in [0.25, 0.3) is 0 Å². The first-order chi connectivity index (χ1) is 10.0. The highest BCUT2D eigenvalue weighted by atomic mass is 15.3. The van der Waals surface area contributed by atoms with Gasteiger partial charge in [0.05, 0.1) is 0 Å². The number of hydrogen-bond acceptors (Lipinski definition) is 3. The maximum absolute atomic E-state index is 3.57. The SMILES string of the molecule is CC(C)(C)NCCCCCCN1CCN(CC2CC2)CC1. The van der Waals surface area contributed by atoms with Gasteiger partial charge in [-0.15, -0.1) is 0 Å². The molecule has 0 spiro atoms. The van der Waals surface area contributed by atoms with E-state index in [0.29, 0.717) is 0 Å². The molecule has 0 bridgehead atoms. The van der Waals surface area contributed by atoms with Crippen LogP contribution in [-0.2, 0) is 0 Å². The second kappa shape index (κ2) is 8.50. The minimum Gasteiger partial charge on any atom is -0.312 e. The first kappa shape index (κ1) is 17.2. The molecule has 1 saturated carbocycles. The fourth-order valence-electron chi connectivity index (χ4n) is 3.14. The zero-order valence-corrected chi connectivity index (χ0v) is 14.7. The normalized spacial score (nSPS) is 21.9. The molecule has 0 aromatic carbocycles. The molecule has 1 saturated heterocycles. The van der Waals surface area contributed by atoms with E-state index < -0.39 is 0 Å². The molecule has 0 atom stereocenters. The molecule has 0 radical (unpaired) electrons. The molecule has 0 aromatic rings. The van der Waals surface area contributed by atoms with Gasteiger partial charge in [0.15, 0.2) is 0 Å². The Morgan fingerprint density at radius 2 is 1.48 bits per heavy atom. The Labute approximate surface area is 132 Å². The van der Waals surface area contributed by atoms with Gasteiger partial charge in [0, 0.05) is 38.3 Å². The predicted molar refractivity (Wildman–Crippen MR) is 91.8 cm³/mol. The van der Waals surface area contributed by atoms with E-state index in [1.54, 1.807) is 0 Å². The Morgan fingerprint density at radius 3 is 2.10 bits per heavy atom. The highest BCUT2D eigenvalue weighted by Gasteiger charge is 2.26. The molecule has 124 valence electrons. The van der Waals surface area contributed by atoms with Crippen LogP contribution >= 0.6 is 0 Å². The Morgan fingerprint density at radius 1 is 0.857 bits per heavy atom. The number of piperazine rings is 1. The van der Waals surface area contributed by atoms with E-state index in [2.05, 4.69) is 35.9 Å². The molecule has 1 heterocycles. The Balaban J connectivity index is 1.39. The minimum atomic E-state index is 0.278. The lowest BCUT2D eigenvalue weighted by Gasteiger charge is -2.34. The first-order valence-corrected chi connectivity index (χ1v) is 9.23. The van der Waals surface area contributed by atoms with Crippen molar-refractivity contribution in [2.75, 3.05) is 45.8 Å². The zero-order valence-electron chi connectivity index (χ0n) is 14.7. The molecule has 2 fully saturated rings. The van der Waals surface area contributed by atoms with Crippen molar-refractivity contribution < 1.29 is 0 Å². The number of unbranched alkanes of at least 4 members (excludes halogenated alkanes) is 3. The second-order valence-electron chi connectivity index (χ2n) is 8.18. The van der Waals surface area contributed by atoms with E-state index in [1.165, 1.54) is 84.3 Å². The van der Waals surface area contributed by atoms with Crippen molar-refractivity contribution in [2.45, 2.75) is 64.8 Å². The lowest BCUT2D eigenvalue weighted by Crippen LogP contribution is -2.47. The van der Waals surface area contributed by atoms with E-state index in [4.69, 9.17) is 0 Å². The van der Waals surface area contributed by atoms with Gasteiger partial charge in [0.2, 0.25) is 0 Å². The van der Waals surface area contributed by atoms with Crippen LogP contribution in [0.2, 0.25) is 0 Å². The van der Waals surface area contributed by atoms with Crippen molar-refractivity contribution in [1.82, 2.24) is 15.1 Å². The van der Waals surface area contributed by atoms with Crippen molar-refractivity contribution in [3.63, 3.8) is 0 Å². The smallest absolute Gasteiger partial charge is 0.0110 e. The summed E-state index contributed by atoms with van der Waals surface area (Å²) in [6, 6.07) is 0. The van der Waals surface area contributed by atoms with Crippen LogP contribution in [0, 0.1) is 5.92 Å². The molecule has 3 heteroatoms. The Kier molecular flexibility index (Phi) is 6.97. The average molecular weight is 296 g/mol. The summed E-state index contributed by atoms with van der Waals surface area (Å²) in [5, 5.41) is 3.57. The van der Waals surface area contributed by atoms with Gasteiger partial charge < -0.3 is 15.1 Å². The van der Waals surface area contributed by atoms with Crippen LogP contribution < -0.4 is 5.32 Å². The van der Waals surface area contributed by atoms with Crippen LogP contribution in [0.4, 0.5) is 0 Å². The number of hydrogen-bond donors (Lipinski definition) is 1. The summed E-state index contributed by atoms with van der Waals surface area (Å²) in [6.45, 7) is 15.8. The van der Waals surface area contributed by atoms with E-state index in [9.17, 15) is 0 Å². The topological polar surface area (TPSA) is 18.5 Å². The highest BCUT2D eigenvalue weighted by molar-refractivity contribution is 4.80. The van der Waals surface area contributed by atoms with Crippen molar-refractivity contribution in [2.24, 2.45) is 5.92 Å². The molecular weight excluding hydrogens is 258 g/mol. The van der Waals surface area contributed by atoms with Gasteiger partial charge in [-0.2, -0.15) is 0 Å². The van der Waals surface area contributed by atoms with Crippen LogP contribution in [0.1, 0.15) is 59.3 Å². The number of nitrogens with zero attached hydrogens (tertiary/aromatic N) is 2. The molecule has 1 N–H and O–H groups in total. The van der Waals surface area contributed by atoms with E-state index >= 15 is 0 Å². The van der Waals surface area contributed by atoms with Gasteiger partial charge in [-0.3, -0.25) is 0 Å². The van der Waals surface area contributed by atoms with Crippen molar-refractivity contribution >= 4 is 0 Å².